The molecule has 0 bridgehead atoms. The number of hydrogen-bond donors (Lipinski definition) is 0. The predicted molar refractivity (Wildman–Crippen MR) is 179 cm³/mol. The maximum absolute atomic E-state index is 13.8. The van der Waals surface area contributed by atoms with Gasteiger partial charge in [0.1, 0.15) is 23.9 Å². The fourth-order valence-corrected chi connectivity index (χ4v) is 6.16. The van der Waals surface area contributed by atoms with E-state index >= 15 is 0 Å². The summed E-state index contributed by atoms with van der Waals surface area (Å²) in [5.74, 6) is 1.14. The van der Waals surface area contributed by atoms with Crippen LogP contribution in [0.5, 0.6) is 11.5 Å². The van der Waals surface area contributed by atoms with Crippen molar-refractivity contribution in [2.24, 2.45) is 4.99 Å². The van der Waals surface area contributed by atoms with Gasteiger partial charge in [-0.1, -0.05) is 42.5 Å². The molecule has 226 valence electrons. The highest BCUT2D eigenvalue weighted by Gasteiger charge is 2.34. The van der Waals surface area contributed by atoms with Gasteiger partial charge in [0.15, 0.2) is 5.17 Å². The van der Waals surface area contributed by atoms with Crippen LogP contribution in [0.1, 0.15) is 28.1 Å². The lowest BCUT2D eigenvalue weighted by molar-refractivity contribution is -0.122. The number of aromatic nitrogens is 1. The molecule has 6 nitrogen and oxygen atoms in total. The van der Waals surface area contributed by atoms with Gasteiger partial charge in [-0.2, -0.15) is 0 Å². The summed E-state index contributed by atoms with van der Waals surface area (Å²) in [6, 6.07) is 33.6. The Morgan fingerprint density at radius 2 is 1.51 bits per heavy atom. The van der Waals surface area contributed by atoms with E-state index in [1.165, 1.54) is 23.9 Å². The quantitative estimate of drug-likeness (QED) is 0.155. The number of halogens is 1. The first-order valence-electron chi connectivity index (χ1n) is 14.5. The topological polar surface area (TPSA) is 56.1 Å². The number of para-hydroxylation sites is 1. The number of hydrogen-bond acceptors (Lipinski definition) is 5. The minimum absolute atomic E-state index is 0.0852. The minimum Gasteiger partial charge on any atom is -0.497 e. The van der Waals surface area contributed by atoms with Gasteiger partial charge in [-0.15, -0.1) is 0 Å². The standard InChI is InChI=1S/C37H32FN3O3S/c1-25-21-29(26(2)41(25)32-15-19-34(20-16-32)44-24-28-9-13-30(38)14-10-28)22-35-36(42)40(23-27-11-17-33(43-3)18-12-27)37(45-35)39-31-7-5-4-6-8-31/h4-22H,23-24H2,1-3H3/b35-22-,39-37?. The van der Waals surface area contributed by atoms with Crippen LogP contribution >= 0.6 is 11.8 Å². The highest BCUT2D eigenvalue weighted by Crippen LogP contribution is 2.36. The van der Waals surface area contributed by atoms with Crippen molar-refractivity contribution in [1.82, 2.24) is 9.47 Å². The Bertz CT molecular complexity index is 1860. The highest BCUT2D eigenvalue weighted by molar-refractivity contribution is 8.18. The molecule has 2 heterocycles. The summed E-state index contributed by atoms with van der Waals surface area (Å²) in [5, 5.41) is 0.637. The molecular formula is C37H32FN3O3S. The van der Waals surface area contributed by atoms with Gasteiger partial charge in [-0.25, -0.2) is 9.38 Å². The number of aliphatic imine (C=N–C) groups is 1. The van der Waals surface area contributed by atoms with Gasteiger partial charge in [-0.3, -0.25) is 9.69 Å². The number of amidine groups is 1. The van der Waals surface area contributed by atoms with Crippen LogP contribution in [0.3, 0.4) is 0 Å². The third kappa shape index (κ3) is 6.86. The van der Waals surface area contributed by atoms with Crippen LogP contribution in [0, 0.1) is 19.7 Å². The molecule has 6 rings (SSSR count). The number of benzene rings is 4. The Hall–Kier alpha value is -5.08. The summed E-state index contributed by atoms with van der Waals surface area (Å²) in [4.78, 5) is 21.0. The third-order valence-corrected chi connectivity index (χ3v) is 8.55. The zero-order valence-corrected chi connectivity index (χ0v) is 26.1. The smallest absolute Gasteiger partial charge is 0.267 e. The average molecular weight is 618 g/mol. The number of carbonyl (C=O) groups is 1. The first-order valence-corrected chi connectivity index (χ1v) is 15.3. The summed E-state index contributed by atoms with van der Waals surface area (Å²) < 4.78 is 26.6. The number of nitrogens with zero attached hydrogens (tertiary/aromatic N) is 3. The fourth-order valence-electron chi connectivity index (χ4n) is 5.17. The molecule has 0 spiro atoms. The maximum atomic E-state index is 13.8. The summed E-state index contributed by atoms with van der Waals surface area (Å²) >= 11 is 1.39. The van der Waals surface area contributed by atoms with E-state index in [1.807, 2.05) is 84.9 Å². The molecule has 45 heavy (non-hydrogen) atoms. The lowest BCUT2D eigenvalue weighted by Crippen LogP contribution is -2.28. The van der Waals surface area contributed by atoms with E-state index in [1.54, 1.807) is 24.1 Å². The molecular weight excluding hydrogens is 585 g/mol. The Kier molecular flexibility index (Phi) is 8.84. The van der Waals surface area contributed by atoms with Crippen molar-refractivity contribution in [3.05, 3.63) is 148 Å². The van der Waals surface area contributed by atoms with Crippen LogP contribution in [0.2, 0.25) is 0 Å². The Labute approximate surface area is 266 Å². The Balaban J connectivity index is 1.24. The Morgan fingerprint density at radius 3 is 2.20 bits per heavy atom. The van der Waals surface area contributed by atoms with Gasteiger partial charge < -0.3 is 14.0 Å². The zero-order chi connectivity index (χ0) is 31.3. The number of thioether (sulfide) groups is 1. The van der Waals surface area contributed by atoms with E-state index in [0.29, 0.717) is 23.2 Å². The molecule has 0 radical (unpaired) electrons. The first kappa shape index (κ1) is 30.0. The van der Waals surface area contributed by atoms with Gasteiger partial charge in [0, 0.05) is 17.1 Å². The van der Waals surface area contributed by atoms with Crippen molar-refractivity contribution in [1.29, 1.82) is 0 Å². The number of rotatable bonds is 9. The molecule has 8 heteroatoms. The minimum atomic E-state index is -0.266. The van der Waals surface area contributed by atoms with Gasteiger partial charge in [0.25, 0.3) is 5.91 Å². The molecule has 0 aliphatic carbocycles. The fraction of sp³-hybridized carbons (Fsp3) is 0.135. The number of amides is 1. The van der Waals surface area contributed by atoms with Crippen LogP contribution in [-0.4, -0.2) is 27.7 Å². The average Bonchev–Trinajstić information content (AvgIpc) is 3.50. The van der Waals surface area contributed by atoms with Crippen LogP contribution < -0.4 is 9.47 Å². The SMILES string of the molecule is COc1ccc(CN2C(=O)/C(=C/c3cc(C)n(-c4ccc(OCc5ccc(F)cc5)cc4)c3C)SC2=Nc2ccccc2)cc1. The number of carbonyl (C=O) groups excluding carboxylic acids is 1. The van der Waals surface area contributed by atoms with Gasteiger partial charge in [0.2, 0.25) is 0 Å². The van der Waals surface area contributed by atoms with Crippen LogP contribution in [0.15, 0.2) is 119 Å². The molecule has 1 amide bonds. The van der Waals surface area contributed by atoms with Crippen molar-refractivity contribution in [2.45, 2.75) is 27.0 Å². The van der Waals surface area contributed by atoms with E-state index < -0.39 is 0 Å². The summed E-state index contributed by atoms with van der Waals surface area (Å²) in [5.41, 5.74) is 6.68. The van der Waals surface area contributed by atoms with E-state index in [2.05, 4.69) is 24.5 Å². The Morgan fingerprint density at radius 1 is 0.844 bits per heavy atom. The maximum Gasteiger partial charge on any atom is 0.267 e. The van der Waals surface area contributed by atoms with E-state index in [0.717, 1.165) is 51.0 Å². The molecule has 1 fully saturated rings. The monoisotopic (exact) mass is 617 g/mol. The molecule has 1 aliphatic rings. The van der Waals surface area contributed by atoms with Gasteiger partial charge in [0.05, 0.1) is 24.2 Å². The molecule has 5 aromatic rings. The normalized spacial score (nSPS) is 14.8. The largest absolute Gasteiger partial charge is 0.497 e. The zero-order valence-electron chi connectivity index (χ0n) is 25.2. The van der Waals surface area contributed by atoms with E-state index in [4.69, 9.17) is 14.5 Å². The van der Waals surface area contributed by atoms with Crippen molar-refractivity contribution < 1.29 is 18.7 Å². The molecule has 4 aromatic carbocycles. The van der Waals surface area contributed by atoms with Crippen molar-refractivity contribution >= 4 is 34.6 Å². The van der Waals surface area contributed by atoms with Crippen LogP contribution in [0.4, 0.5) is 10.1 Å². The summed E-state index contributed by atoms with van der Waals surface area (Å²) in [6.07, 6.45) is 1.96. The third-order valence-electron chi connectivity index (χ3n) is 7.54. The number of ether oxygens (including phenoxy) is 2. The van der Waals surface area contributed by atoms with Gasteiger partial charge in [-0.05, 0) is 115 Å². The lowest BCUT2D eigenvalue weighted by atomic mass is 10.2. The predicted octanol–water partition coefficient (Wildman–Crippen LogP) is 8.63. The van der Waals surface area contributed by atoms with Crippen LogP contribution in [0.25, 0.3) is 11.8 Å². The second kappa shape index (κ2) is 13.3. The highest BCUT2D eigenvalue weighted by atomic mass is 32.2. The second-order valence-corrected chi connectivity index (χ2v) is 11.7. The van der Waals surface area contributed by atoms with Crippen LogP contribution in [-0.2, 0) is 17.9 Å². The number of methoxy groups -OCH3 is 1. The molecule has 0 unspecified atom stereocenters. The summed E-state index contributed by atoms with van der Waals surface area (Å²) in [6.45, 7) is 4.86. The second-order valence-electron chi connectivity index (χ2n) is 10.7. The van der Waals surface area contributed by atoms with E-state index in [9.17, 15) is 9.18 Å². The van der Waals surface area contributed by atoms with Crippen molar-refractivity contribution in [3.8, 4) is 17.2 Å². The molecule has 1 aliphatic heterocycles. The van der Waals surface area contributed by atoms with Crippen molar-refractivity contribution in [2.75, 3.05) is 7.11 Å². The van der Waals surface area contributed by atoms with Gasteiger partial charge >= 0.3 is 0 Å². The molecule has 1 saturated heterocycles. The first-order chi connectivity index (χ1) is 21.9. The lowest BCUT2D eigenvalue weighted by Gasteiger charge is -2.16. The summed E-state index contributed by atoms with van der Waals surface area (Å²) in [7, 11) is 1.63. The molecule has 1 aromatic heterocycles. The molecule has 0 N–H and O–H groups in total. The molecule has 0 atom stereocenters. The molecule has 0 saturated carbocycles. The van der Waals surface area contributed by atoms with Crippen molar-refractivity contribution in [3.63, 3.8) is 0 Å². The number of aryl methyl sites for hydroxylation is 1. The van der Waals surface area contributed by atoms with E-state index in [-0.39, 0.29) is 11.7 Å².